The summed E-state index contributed by atoms with van der Waals surface area (Å²) in [4.78, 5) is 0. The molecule has 0 aromatic rings. The third-order valence-corrected chi connectivity index (χ3v) is 5.02. The van der Waals surface area contributed by atoms with E-state index in [0.29, 0.717) is 6.42 Å². The van der Waals surface area contributed by atoms with Gasteiger partial charge in [0.1, 0.15) is 0 Å². The first-order valence-electron chi connectivity index (χ1n) is 9.74. The molecule has 0 fully saturated rings. The van der Waals surface area contributed by atoms with E-state index in [2.05, 4.69) is 13.0 Å². The van der Waals surface area contributed by atoms with Gasteiger partial charge in [0, 0.05) is 5.75 Å². The van der Waals surface area contributed by atoms with Gasteiger partial charge in [-0.1, -0.05) is 83.3 Å². The van der Waals surface area contributed by atoms with E-state index in [1.807, 2.05) is 6.08 Å². The fraction of sp³-hybridized carbons (Fsp3) is 0.895. The number of unbranched alkanes of at least 4 members (excludes halogenated alkanes) is 11. The summed E-state index contributed by atoms with van der Waals surface area (Å²) in [6, 6.07) is 0. The maximum atomic E-state index is 10.4. The predicted molar refractivity (Wildman–Crippen MR) is 100 cm³/mol. The van der Waals surface area contributed by atoms with Crippen LogP contribution in [0.15, 0.2) is 12.2 Å². The molecule has 0 bridgehead atoms. The van der Waals surface area contributed by atoms with Crippen molar-refractivity contribution in [2.24, 2.45) is 0 Å². The van der Waals surface area contributed by atoms with E-state index in [9.17, 15) is 18.1 Å². The first kappa shape index (κ1) is 27.8. The molecule has 0 amide bonds. The molecule has 0 heterocycles. The zero-order valence-electron chi connectivity index (χ0n) is 16.4. The molecule has 6 heteroatoms. The van der Waals surface area contributed by atoms with Crippen molar-refractivity contribution in [2.75, 3.05) is 5.75 Å². The van der Waals surface area contributed by atoms with E-state index >= 15 is 0 Å². The van der Waals surface area contributed by atoms with E-state index in [1.54, 1.807) is 0 Å². The van der Waals surface area contributed by atoms with Gasteiger partial charge in [0.25, 0.3) is 0 Å². The smallest absolute Gasteiger partial charge is 0.748 e. The quantitative estimate of drug-likeness (QED) is 0.180. The number of aliphatic hydroxyl groups is 1. The Morgan fingerprint density at radius 3 is 1.84 bits per heavy atom. The van der Waals surface area contributed by atoms with Gasteiger partial charge in [-0.3, -0.25) is 0 Å². The molecule has 1 N–H and O–H groups in total. The van der Waals surface area contributed by atoms with E-state index in [0.717, 1.165) is 44.9 Å². The topological polar surface area (TPSA) is 77.4 Å². The van der Waals surface area contributed by atoms with E-state index in [1.165, 1.54) is 38.5 Å². The van der Waals surface area contributed by atoms with E-state index in [4.69, 9.17) is 0 Å². The van der Waals surface area contributed by atoms with Gasteiger partial charge in [-0.2, -0.15) is 0 Å². The van der Waals surface area contributed by atoms with Crippen LogP contribution in [-0.2, 0) is 10.1 Å². The Bertz CT molecular complexity index is 396. The second-order valence-corrected chi connectivity index (χ2v) is 8.25. The summed E-state index contributed by atoms with van der Waals surface area (Å²) in [7, 11) is -4.02. The van der Waals surface area contributed by atoms with E-state index in [-0.39, 0.29) is 41.4 Å². The molecule has 0 unspecified atom stereocenters. The van der Waals surface area contributed by atoms with Gasteiger partial charge in [-0.15, -0.1) is 0 Å². The SMILES string of the molecule is CCCC[C@H](O)/C=C/CCCCCCCCCCCCS(=O)(=O)[O-].[Na+]. The largest absolute Gasteiger partial charge is 1.00 e. The van der Waals surface area contributed by atoms with E-state index < -0.39 is 10.1 Å². The standard InChI is InChI=1S/C19H38O4S.Na/c1-2-3-16-19(20)17-14-12-10-8-6-4-5-7-9-11-13-15-18-24(21,22)23;/h14,17,19-20H,2-13,15-16,18H2,1H3,(H,21,22,23);/q;+1/p-1/b17-14+;/t19-;/m0./s1. The summed E-state index contributed by atoms with van der Waals surface area (Å²) < 4.78 is 31.3. The molecule has 0 aliphatic rings. The van der Waals surface area contributed by atoms with Crippen molar-refractivity contribution >= 4 is 10.1 Å². The molecule has 0 saturated heterocycles. The third-order valence-electron chi connectivity index (χ3n) is 4.23. The Morgan fingerprint density at radius 1 is 0.880 bits per heavy atom. The van der Waals surface area contributed by atoms with Crippen molar-refractivity contribution < 1.29 is 47.6 Å². The van der Waals surface area contributed by atoms with Crippen molar-refractivity contribution in [3.8, 4) is 0 Å². The van der Waals surface area contributed by atoms with Crippen molar-refractivity contribution in [3.63, 3.8) is 0 Å². The van der Waals surface area contributed by atoms with Gasteiger partial charge < -0.3 is 9.66 Å². The Hall–Kier alpha value is 0.610. The van der Waals surface area contributed by atoms with Crippen LogP contribution in [0.25, 0.3) is 0 Å². The predicted octanol–water partition coefficient (Wildman–Crippen LogP) is 1.93. The minimum absolute atomic E-state index is 0. The molecule has 0 aliphatic carbocycles. The van der Waals surface area contributed by atoms with Gasteiger partial charge in [0.2, 0.25) is 0 Å². The van der Waals surface area contributed by atoms with Crippen LogP contribution in [0.1, 0.15) is 96.8 Å². The fourth-order valence-electron chi connectivity index (χ4n) is 2.72. The summed E-state index contributed by atoms with van der Waals surface area (Å²) >= 11 is 0. The number of hydrogen-bond acceptors (Lipinski definition) is 4. The molecule has 144 valence electrons. The van der Waals surface area contributed by atoms with Crippen molar-refractivity contribution in [2.45, 2.75) is 103 Å². The van der Waals surface area contributed by atoms with Crippen molar-refractivity contribution in [1.29, 1.82) is 0 Å². The molecule has 4 nitrogen and oxygen atoms in total. The Balaban J connectivity index is 0. The molecule has 0 rings (SSSR count). The summed E-state index contributed by atoms with van der Waals surface area (Å²) in [5.41, 5.74) is 0. The van der Waals surface area contributed by atoms with Crippen LogP contribution in [0.4, 0.5) is 0 Å². The first-order chi connectivity index (χ1) is 11.5. The van der Waals surface area contributed by atoms with Crippen molar-refractivity contribution in [1.82, 2.24) is 0 Å². The van der Waals surface area contributed by atoms with Gasteiger partial charge >= 0.3 is 29.6 Å². The minimum Gasteiger partial charge on any atom is -0.748 e. The maximum absolute atomic E-state index is 10.4. The molecule has 0 saturated carbocycles. The van der Waals surface area contributed by atoms with Crippen LogP contribution in [0.3, 0.4) is 0 Å². The summed E-state index contributed by atoms with van der Waals surface area (Å²) in [6.45, 7) is 2.14. The van der Waals surface area contributed by atoms with Gasteiger partial charge in [0.05, 0.1) is 16.2 Å². The van der Waals surface area contributed by atoms with Crippen LogP contribution >= 0.6 is 0 Å². The van der Waals surface area contributed by atoms with Crippen LogP contribution in [0.5, 0.6) is 0 Å². The number of hydrogen-bond donors (Lipinski definition) is 1. The molecule has 0 radical (unpaired) electrons. The number of aliphatic hydroxyl groups excluding tert-OH is 1. The summed E-state index contributed by atoms with van der Waals surface area (Å²) in [6.07, 6.45) is 18.9. The number of rotatable bonds is 17. The molecular formula is C19H37NaO4S. The molecule has 25 heavy (non-hydrogen) atoms. The van der Waals surface area contributed by atoms with Gasteiger partial charge in [-0.05, 0) is 25.7 Å². The van der Waals surface area contributed by atoms with Crippen LogP contribution in [0.2, 0.25) is 0 Å². The molecule has 1 atom stereocenters. The molecule has 0 aromatic heterocycles. The minimum atomic E-state index is -4.02. The zero-order valence-corrected chi connectivity index (χ0v) is 19.2. The third kappa shape index (κ3) is 24.6. The molecule has 0 aromatic carbocycles. The van der Waals surface area contributed by atoms with Gasteiger partial charge in [-0.25, -0.2) is 8.42 Å². The van der Waals surface area contributed by atoms with Crippen LogP contribution < -0.4 is 29.6 Å². The average Bonchev–Trinajstić information content (AvgIpc) is 2.52. The molecule has 0 aliphatic heterocycles. The summed E-state index contributed by atoms with van der Waals surface area (Å²) in [5.74, 6) is -0.211. The van der Waals surface area contributed by atoms with Gasteiger partial charge in [0.15, 0.2) is 0 Å². The molecular weight excluding hydrogens is 347 g/mol. The second kappa shape index (κ2) is 19.4. The fourth-order valence-corrected chi connectivity index (χ4v) is 3.28. The second-order valence-electron chi connectivity index (χ2n) is 6.72. The Morgan fingerprint density at radius 2 is 1.36 bits per heavy atom. The normalized spacial score (nSPS) is 13.1. The average molecular weight is 385 g/mol. The summed E-state index contributed by atoms with van der Waals surface area (Å²) in [5, 5.41) is 9.67. The Labute approximate surface area is 177 Å². The molecule has 0 spiro atoms. The first-order valence-corrected chi connectivity index (χ1v) is 11.3. The monoisotopic (exact) mass is 384 g/mol. The van der Waals surface area contributed by atoms with Crippen LogP contribution in [0, 0.1) is 0 Å². The van der Waals surface area contributed by atoms with Crippen molar-refractivity contribution in [3.05, 3.63) is 12.2 Å². The zero-order chi connectivity index (χ0) is 18.1. The maximum Gasteiger partial charge on any atom is 1.00 e. The Kier molecular flexibility index (Phi) is 21.6. The number of allylic oxidation sites excluding steroid dienone is 1. The van der Waals surface area contributed by atoms with Crippen LogP contribution in [-0.4, -0.2) is 29.9 Å².